The van der Waals surface area contributed by atoms with E-state index in [0.29, 0.717) is 18.0 Å². The highest BCUT2D eigenvalue weighted by molar-refractivity contribution is 5.70. The van der Waals surface area contributed by atoms with Gasteiger partial charge in [0.15, 0.2) is 11.5 Å². The molecule has 1 heterocycles. The number of aryl methyl sites for hydroxylation is 2. The van der Waals surface area contributed by atoms with E-state index >= 15 is 0 Å². The lowest BCUT2D eigenvalue weighted by Crippen LogP contribution is -2.04. The molecule has 2 rings (SSSR count). The fraction of sp³-hybridized carbons (Fsp3) is 0.357. The van der Waals surface area contributed by atoms with Gasteiger partial charge in [0.2, 0.25) is 0 Å². The van der Waals surface area contributed by atoms with Crippen LogP contribution in [-0.2, 0) is 13.6 Å². The van der Waals surface area contributed by atoms with Gasteiger partial charge in [0, 0.05) is 19.2 Å². The van der Waals surface area contributed by atoms with Crippen molar-refractivity contribution in [2.75, 3.05) is 14.2 Å². The van der Waals surface area contributed by atoms with Gasteiger partial charge in [0.1, 0.15) is 0 Å². The molecule has 0 fully saturated rings. The number of ether oxygens (including phenoxy) is 2. The third-order valence-corrected chi connectivity index (χ3v) is 3.24. The van der Waals surface area contributed by atoms with Crippen LogP contribution in [0.5, 0.6) is 11.5 Å². The van der Waals surface area contributed by atoms with Gasteiger partial charge < -0.3 is 19.8 Å². The van der Waals surface area contributed by atoms with Crippen LogP contribution in [0.2, 0.25) is 0 Å². The maximum Gasteiger partial charge on any atom is 0.161 e. The van der Waals surface area contributed by atoms with Crippen molar-refractivity contribution in [3.8, 4) is 22.8 Å². The largest absolute Gasteiger partial charge is 0.493 e. The zero-order valence-electron chi connectivity index (χ0n) is 11.7. The van der Waals surface area contributed by atoms with E-state index in [-0.39, 0.29) is 0 Å². The lowest BCUT2D eigenvalue weighted by molar-refractivity contribution is 0.355. The lowest BCUT2D eigenvalue weighted by atomic mass is 10.0. The number of benzene rings is 1. The molecule has 0 spiro atoms. The number of hydrogen-bond acceptors (Lipinski definition) is 4. The number of hydrogen-bond donors (Lipinski definition) is 1. The molecule has 0 amide bonds. The van der Waals surface area contributed by atoms with Gasteiger partial charge in [-0.1, -0.05) is 0 Å². The summed E-state index contributed by atoms with van der Waals surface area (Å²) in [5.41, 5.74) is 9.77. The summed E-state index contributed by atoms with van der Waals surface area (Å²) in [5.74, 6) is 1.41. The molecule has 102 valence electrons. The van der Waals surface area contributed by atoms with Gasteiger partial charge in [0.25, 0.3) is 0 Å². The van der Waals surface area contributed by atoms with Crippen LogP contribution in [0.25, 0.3) is 11.3 Å². The minimum atomic E-state index is 0.444. The highest BCUT2D eigenvalue weighted by Crippen LogP contribution is 2.35. The van der Waals surface area contributed by atoms with Gasteiger partial charge in [-0.3, -0.25) is 0 Å². The molecule has 2 aromatic rings. The molecule has 0 bridgehead atoms. The van der Waals surface area contributed by atoms with Crippen LogP contribution in [0.4, 0.5) is 0 Å². The van der Waals surface area contributed by atoms with Gasteiger partial charge in [0.05, 0.1) is 31.9 Å². The summed E-state index contributed by atoms with van der Waals surface area (Å²) in [7, 11) is 5.19. The first kappa shape index (κ1) is 13.4. The van der Waals surface area contributed by atoms with Crippen LogP contribution in [-0.4, -0.2) is 23.8 Å². The van der Waals surface area contributed by atoms with Crippen LogP contribution >= 0.6 is 0 Å². The Hall–Kier alpha value is -2.01. The summed E-state index contributed by atoms with van der Waals surface area (Å²) < 4.78 is 12.6. The Morgan fingerprint density at radius 2 is 1.84 bits per heavy atom. The second kappa shape index (κ2) is 5.32. The molecule has 0 aliphatic carbocycles. The van der Waals surface area contributed by atoms with Crippen molar-refractivity contribution >= 4 is 0 Å². The van der Waals surface area contributed by atoms with Crippen LogP contribution < -0.4 is 15.2 Å². The summed E-state index contributed by atoms with van der Waals surface area (Å²) in [6.07, 6.45) is 1.77. The number of nitrogens with zero attached hydrogens (tertiary/aromatic N) is 2. The Morgan fingerprint density at radius 3 is 2.42 bits per heavy atom. The number of methoxy groups -OCH3 is 2. The SMILES string of the molecule is COc1cc(C)c(-c2ncn(C)c2CN)cc1OC. The van der Waals surface area contributed by atoms with Crippen molar-refractivity contribution in [1.29, 1.82) is 0 Å². The Morgan fingerprint density at radius 1 is 1.21 bits per heavy atom. The molecule has 0 aliphatic rings. The predicted molar refractivity (Wildman–Crippen MR) is 74.4 cm³/mol. The van der Waals surface area contributed by atoms with Crippen molar-refractivity contribution in [3.05, 3.63) is 29.7 Å². The average Bonchev–Trinajstić information content (AvgIpc) is 2.79. The Kier molecular flexibility index (Phi) is 3.76. The van der Waals surface area contributed by atoms with Crippen LogP contribution in [0.3, 0.4) is 0 Å². The molecule has 2 N–H and O–H groups in total. The smallest absolute Gasteiger partial charge is 0.161 e. The number of nitrogens with two attached hydrogens (primary N) is 1. The third kappa shape index (κ3) is 2.29. The molecule has 0 saturated heterocycles. The summed E-state index contributed by atoms with van der Waals surface area (Å²) in [4.78, 5) is 4.44. The summed E-state index contributed by atoms with van der Waals surface area (Å²) >= 11 is 0. The van der Waals surface area contributed by atoms with Gasteiger partial charge in [-0.05, 0) is 24.6 Å². The molecule has 19 heavy (non-hydrogen) atoms. The molecule has 0 aliphatic heterocycles. The maximum atomic E-state index is 5.79. The van der Waals surface area contributed by atoms with E-state index in [1.165, 1.54) is 0 Å². The minimum absolute atomic E-state index is 0.444. The number of aromatic nitrogens is 2. The standard InChI is InChI=1S/C14H19N3O2/c1-9-5-12(18-3)13(19-4)6-10(9)14-11(7-15)17(2)8-16-14/h5-6,8H,7,15H2,1-4H3. The van der Waals surface area contributed by atoms with E-state index in [2.05, 4.69) is 4.98 Å². The molecule has 1 aromatic heterocycles. The van der Waals surface area contributed by atoms with E-state index in [9.17, 15) is 0 Å². The highest BCUT2D eigenvalue weighted by Gasteiger charge is 2.15. The second-order valence-electron chi connectivity index (χ2n) is 4.38. The second-order valence-corrected chi connectivity index (χ2v) is 4.38. The fourth-order valence-electron chi connectivity index (χ4n) is 2.16. The molecule has 0 atom stereocenters. The van der Waals surface area contributed by atoms with Gasteiger partial charge in [-0.15, -0.1) is 0 Å². The third-order valence-electron chi connectivity index (χ3n) is 3.24. The van der Waals surface area contributed by atoms with E-state index < -0.39 is 0 Å². The predicted octanol–water partition coefficient (Wildman–Crippen LogP) is 1.87. The Labute approximate surface area is 113 Å². The zero-order chi connectivity index (χ0) is 14.0. The first-order chi connectivity index (χ1) is 9.12. The summed E-state index contributed by atoms with van der Waals surface area (Å²) in [6, 6.07) is 3.89. The number of rotatable bonds is 4. The van der Waals surface area contributed by atoms with E-state index in [1.807, 2.05) is 30.7 Å². The van der Waals surface area contributed by atoms with Crippen molar-refractivity contribution in [2.45, 2.75) is 13.5 Å². The zero-order valence-corrected chi connectivity index (χ0v) is 11.7. The highest BCUT2D eigenvalue weighted by atomic mass is 16.5. The molecule has 5 nitrogen and oxygen atoms in total. The Balaban J connectivity index is 2.61. The molecule has 1 aromatic carbocycles. The lowest BCUT2D eigenvalue weighted by Gasteiger charge is -2.12. The summed E-state index contributed by atoms with van der Waals surface area (Å²) in [5, 5.41) is 0. The Bertz CT molecular complexity index is 591. The maximum absolute atomic E-state index is 5.79. The van der Waals surface area contributed by atoms with E-state index in [1.54, 1.807) is 20.5 Å². The van der Waals surface area contributed by atoms with Crippen LogP contribution in [0, 0.1) is 6.92 Å². The van der Waals surface area contributed by atoms with E-state index in [0.717, 1.165) is 22.5 Å². The normalized spacial score (nSPS) is 10.6. The van der Waals surface area contributed by atoms with E-state index in [4.69, 9.17) is 15.2 Å². The van der Waals surface area contributed by atoms with Crippen LogP contribution in [0.1, 0.15) is 11.3 Å². The van der Waals surface area contributed by atoms with Crippen LogP contribution in [0.15, 0.2) is 18.5 Å². The topological polar surface area (TPSA) is 62.3 Å². The van der Waals surface area contributed by atoms with Crippen molar-refractivity contribution in [1.82, 2.24) is 9.55 Å². The molecule has 0 saturated carbocycles. The van der Waals surface area contributed by atoms with Gasteiger partial charge >= 0.3 is 0 Å². The van der Waals surface area contributed by atoms with Crippen molar-refractivity contribution < 1.29 is 9.47 Å². The first-order valence-electron chi connectivity index (χ1n) is 6.05. The number of imidazole rings is 1. The first-order valence-corrected chi connectivity index (χ1v) is 6.05. The quantitative estimate of drug-likeness (QED) is 0.912. The van der Waals surface area contributed by atoms with Gasteiger partial charge in [-0.25, -0.2) is 4.98 Å². The molecule has 0 unspecified atom stereocenters. The summed E-state index contributed by atoms with van der Waals surface area (Å²) in [6.45, 7) is 2.46. The minimum Gasteiger partial charge on any atom is -0.493 e. The average molecular weight is 261 g/mol. The molecule has 0 radical (unpaired) electrons. The van der Waals surface area contributed by atoms with Crippen molar-refractivity contribution in [2.24, 2.45) is 12.8 Å². The molecule has 5 heteroatoms. The van der Waals surface area contributed by atoms with Gasteiger partial charge in [-0.2, -0.15) is 0 Å². The fourth-order valence-corrected chi connectivity index (χ4v) is 2.16. The molecular formula is C14H19N3O2. The van der Waals surface area contributed by atoms with Crippen molar-refractivity contribution in [3.63, 3.8) is 0 Å². The monoisotopic (exact) mass is 261 g/mol. The molecular weight excluding hydrogens is 242 g/mol.